The standard InChI is InChI=1S/C18H20N4O2/c1-13-12-21(17(23)14-5-7-15(19)8-6-14)10-11-22(13)18(24)16-4-2-3-9-20-16/h2-9,13H,10-12,19H2,1H3/t13-/m1/s1. The minimum absolute atomic E-state index is 0.0354. The molecule has 1 aliphatic heterocycles. The molecule has 0 radical (unpaired) electrons. The van der Waals surface area contributed by atoms with E-state index < -0.39 is 0 Å². The van der Waals surface area contributed by atoms with Crippen LogP contribution in [-0.2, 0) is 0 Å². The lowest BCUT2D eigenvalue weighted by Crippen LogP contribution is -2.55. The highest BCUT2D eigenvalue weighted by Crippen LogP contribution is 2.16. The number of hydrogen-bond acceptors (Lipinski definition) is 4. The summed E-state index contributed by atoms with van der Waals surface area (Å²) >= 11 is 0. The second-order valence-corrected chi connectivity index (χ2v) is 5.94. The van der Waals surface area contributed by atoms with Crippen molar-refractivity contribution in [1.82, 2.24) is 14.8 Å². The molecule has 24 heavy (non-hydrogen) atoms. The van der Waals surface area contributed by atoms with Crippen LogP contribution in [-0.4, -0.2) is 52.3 Å². The van der Waals surface area contributed by atoms with Gasteiger partial charge in [0.2, 0.25) is 0 Å². The fourth-order valence-corrected chi connectivity index (χ4v) is 2.89. The van der Waals surface area contributed by atoms with E-state index in [0.29, 0.717) is 36.6 Å². The summed E-state index contributed by atoms with van der Waals surface area (Å²) in [4.78, 5) is 32.8. The van der Waals surface area contributed by atoms with E-state index in [9.17, 15) is 9.59 Å². The van der Waals surface area contributed by atoms with Gasteiger partial charge in [0, 0.05) is 43.1 Å². The van der Waals surface area contributed by atoms with Crippen LogP contribution >= 0.6 is 0 Å². The summed E-state index contributed by atoms with van der Waals surface area (Å²) in [6.45, 7) is 3.45. The van der Waals surface area contributed by atoms with E-state index in [1.807, 2.05) is 6.92 Å². The maximum absolute atomic E-state index is 12.6. The molecule has 2 aromatic rings. The van der Waals surface area contributed by atoms with Crippen LogP contribution in [0.4, 0.5) is 5.69 Å². The molecule has 0 aliphatic carbocycles. The van der Waals surface area contributed by atoms with E-state index in [-0.39, 0.29) is 17.9 Å². The molecule has 2 amide bonds. The zero-order valence-corrected chi connectivity index (χ0v) is 13.6. The summed E-state index contributed by atoms with van der Waals surface area (Å²) in [7, 11) is 0. The maximum atomic E-state index is 12.6. The molecule has 3 rings (SSSR count). The zero-order valence-electron chi connectivity index (χ0n) is 13.6. The second-order valence-electron chi connectivity index (χ2n) is 5.94. The lowest BCUT2D eigenvalue weighted by atomic mass is 10.1. The SMILES string of the molecule is C[C@@H]1CN(C(=O)c2ccc(N)cc2)CCN1C(=O)c1ccccn1. The van der Waals surface area contributed by atoms with Gasteiger partial charge in [-0.05, 0) is 43.3 Å². The normalized spacial score (nSPS) is 17.6. The molecule has 0 bridgehead atoms. The molecule has 1 fully saturated rings. The third-order valence-corrected chi connectivity index (χ3v) is 4.22. The zero-order chi connectivity index (χ0) is 17.1. The first-order chi connectivity index (χ1) is 11.6. The van der Waals surface area contributed by atoms with Crippen molar-refractivity contribution in [3.8, 4) is 0 Å². The molecule has 1 aromatic heterocycles. The Labute approximate surface area is 140 Å². The molecule has 1 aliphatic rings. The molecule has 1 atom stereocenters. The lowest BCUT2D eigenvalue weighted by molar-refractivity contribution is 0.0411. The Bertz CT molecular complexity index is 730. The first kappa shape index (κ1) is 16.0. The summed E-state index contributed by atoms with van der Waals surface area (Å²) < 4.78 is 0. The predicted octanol–water partition coefficient (Wildman–Crippen LogP) is 1.65. The largest absolute Gasteiger partial charge is 0.399 e. The molecule has 0 saturated carbocycles. The van der Waals surface area contributed by atoms with Crippen molar-refractivity contribution in [3.05, 3.63) is 59.9 Å². The average Bonchev–Trinajstić information content (AvgIpc) is 2.62. The van der Waals surface area contributed by atoms with Gasteiger partial charge in [0.15, 0.2) is 0 Å². The molecule has 2 heterocycles. The van der Waals surface area contributed by atoms with Gasteiger partial charge in [0.05, 0.1) is 0 Å². The molecule has 124 valence electrons. The fraction of sp³-hybridized carbons (Fsp3) is 0.278. The van der Waals surface area contributed by atoms with Gasteiger partial charge in [-0.15, -0.1) is 0 Å². The van der Waals surface area contributed by atoms with Gasteiger partial charge in [-0.25, -0.2) is 0 Å². The van der Waals surface area contributed by atoms with E-state index in [1.54, 1.807) is 58.5 Å². The molecule has 6 heteroatoms. The summed E-state index contributed by atoms with van der Waals surface area (Å²) in [5.74, 6) is -0.130. The van der Waals surface area contributed by atoms with E-state index in [0.717, 1.165) is 0 Å². The molecule has 6 nitrogen and oxygen atoms in total. The van der Waals surface area contributed by atoms with Gasteiger partial charge in [-0.2, -0.15) is 0 Å². The number of amides is 2. The number of anilines is 1. The van der Waals surface area contributed by atoms with Crippen molar-refractivity contribution >= 4 is 17.5 Å². The number of benzene rings is 1. The van der Waals surface area contributed by atoms with Crippen LogP contribution in [0.25, 0.3) is 0 Å². The first-order valence-electron chi connectivity index (χ1n) is 7.93. The van der Waals surface area contributed by atoms with Crippen LogP contribution in [0, 0.1) is 0 Å². The van der Waals surface area contributed by atoms with Crippen LogP contribution in [0.2, 0.25) is 0 Å². The van der Waals surface area contributed by atoms with E-state index in [4.69, 9.17) is 5.73 Å². The van der Waals surface area contributed by atoms with Crippen molar-refractivity contribution < 1.29 is 9.59 Å². The number of carbonyl (C=O) groups excluding carboxylic acids is 2. The molecule has 0 unspecified atom stereocenters. The summed E-state index contributed by atoms with van der Waals surface area (Å²) in [6.07, 6.45) is 1.61. The number of carbonyl (C=O) groups is 2. The van der Waals surface area contributed by atoms with Gasteiger partial charge >= 0.3 is 0 Å². The number of pyridine rings is 1. The van der Waals surface area contributed by atoms with Gasteiger partial charge in [0.1, 0.15) is 5.69 Å². The number of nitrogens with zero attached hydrogens (tertiary/aromatic N) is 3. The Morgan fingerprint density at radius 3 is 2.46 bits per heavy atom. The number of hydrogen-bond donors (Lipinski definition) is 1. The first-order valence-corrected chi connectivity index (χ1v) is 7.93. The van der Waals surface area contributed by atoms with Crippen molar-refractivity contribution in [3.63, 3.8) is 0 Å². The van der Waals surface area contributed by atoms with Gasteiger partial charge in [-0.3, -0.25) is 14.6 Å². The Kier molecular flexibility index (Phi) is 4.46. The maximum Gasteiger partial charge on any atom is 0.272 e. The quantitative estimate of drug-likeness (QED) is 0.852. The minimum Gasteiger partial charge on any atom is -0.399 e. The van der Waals surface area contributed by atoms with Gasteiger partial charge < -0.3 is 15.5 Å². The highest BCUT2D eigenvalue weighted by atomic mass is 16.2. The van der Waals surface area contributed by atoms with Crippen molar-refractivity contribution in [2.45, 2.75) is 13.0 Å². The number of nitrogens with two attached hydrogens (primary N) is 1. The Morgan fingerprint density at radius 2 is 1.83 bits per heavy atom. The topological polar surface area (TPSA) is 79.5 Å². The van der Waals surface area contributed by atoms with Gasteiger partial charge in [-0.1, -0.05) is 6.07 Å². The van der Waals surface area contributed by atoms with Crippen molar-refractivity contribution in [1.29, 1.82) is 0 Å². The number of piperazine rings is 1. The van der Waals surface area contributed by atoms with Gasteiger partial charge in [0.25, 0.3) is 11.8 Å². The molecule has 2 N–H and O–H groups in total. The monoisotopic (exact) mass is 324 g/mol. The average molecular weight is 324 g/mol. The van der Waals surface area contributed by atoms with Crippen LogP contribution in [0.1, 0.15) is 27.8 Å². The molecular formula is C18H20N4O2. The number of rotatable bonds is 2. The third-order valence-electron chi connectivity index (χ3n) is 4.22. The number of nitrogen functional groups attached to an aromatic ring is 1. The summed E-state index contributed by atoms with van der Waals surface area (Å²) in [5.41, 5.74) is 7.33. The highest BCUT2D eigenvalue weighted by Gasteiger charge is 2.31. The highest BCUT2D eigenvalue weighted by molar-refractivity contribution is 5.95. The van der Waals surface area contributed by atoms with E-state index >= 15 is 0 Å². The Morgan fingerprint density at radius 1 is 1.08 bits per heavy atom. The number of aromatic nitrogens is 1. The molecule has 1 saturated heterocycles. The van der Waals surface area contributed by atoms with Crippen LogP contribution in [0.3, 0.4) is 0 Å². The Hall–Kier alpha value is -2.89. The minimum atomic E-state index is -0.0947. The summed E-state index contributed by atoms with van der Waals surface area (Å²) in [5, 5.41) is 0. The second kappa shape index (κ2) is 6.70. The van der Waals surface area contributed by atoms with Crippen LogP contribution in [0.15, 0.2) is 48.7 Å². The fourth-order valence-electron chi connectivity index (χ4n) is 2.89. The Balaban J connectivity index is 1.68. The predicted molar refractivity (Wildman–Crippen MR) is 91.5 cm³/mol. The van der Waals surface area contributed by atoms with Crippen molar-refractivity contribution in [2.75, 3.05) is 25.4 Å². The lowest BCUT2D eigenvalue weighted by Gasteiger charge is -2.39. The van der Waals surface area contributed by atoms with Crippen molar-refractivity contribution in [2.24, 2.45) is 0 Å². The summed E-state index contributed by atoms with van der Waals surface area (Å²) in [6, 6.07) is 12.1. The van der Waals surface area contributed by atoms with Crippen LogP contribution in [0.5, 0.6) is 0 Å². The van der Waals surface area contributed by atoms with E-state index in [2.05, 4.69) is 4.98 Å². The van der Waals surface area contributed by atoms with Crippen LogP contribution < -0.4 is 5.73 Å². The van der Waals surface area contributed by atoms with E-state index in [1.165, 1.54) is 0 Å². The molecule has 1 aromatic carbocycles. The smallest absolute Gasteiger partial charge is 0.272 e. The molecular weight excluding hydrogens is 304 g/mol. The third kappa shape index (κ3) is 3.22. The molecule has 0 spiro atoms.